The fraction of sp³-hybridized carbons (Fsp3) is 0.615. The highest BCUT2D eigenvalue weighted by Gasteiger charge is 2.11. The van der Waals surface area contributed by atoms with Gasteiger partial charge in [-0.1, -0.05) is 25.4 Å². The molecule has 96 valence electrons. The van der Waals surface area contributed by atoms with Gasteiger partial charge < -0.3 is 10.6 Å². The number of hydrogen-bond donors (Lipinski definition) is 2. The van der Waals surface area contributed by atoms with Gasteiger partial charge in [-0.2, -0.15) is 0 Å². The molecule has 0 aromatic carbocycles. The summed E-state index contributed by atoms with van der Waals surface area (Å²) >= 11 is 6.12. The SMILES string of the molecule is CC(C)NCc1nc(NC(C)(C)C)ccc1Cl. The molecule has 0 bridgehead atoms. The first-order valence-corrected chi connectivity index (χ1v) is 6.33. The lowest BCUT2D eigenvalue weighted by molar-refractivity contribution is 0.580. The molecule has 1 rings (SSSR count). The first-order chi connectivity index (χ1) is 7.78. The van der Waals surface area contributed by atoms with E-state index in [-0.39, 0.29) is 5.54 Å². The second-order valence-corrected chi connectivity index (χ2v) is 5.94. The Morgan fingerprint density at radius 3 is 2.47 bits per heavy atom. The Bertz CT molecular complexity index is 369. The third-order valence-electron chi connectivity index (χ3n) is 2.10. The summed E-state index contributed by atoms with van der Waals surface area (Å²) in [6.07, 6.45) is 0. The van der Waals surface area contributed by atoms with Crippen LogP contribution in [0.25, 0.3) is 0 Å². The fourth-order valence-electron chi connectivity index (χ4n) is 1.36. The molecule has 1 aromatic heterocycles. The number of hydrogen-bond acceptors (Lipinski definition) is 3. The molecule has 0 aliphatic rings. The Kier molecular flexibility index (Phi) is 4.78. The van der Waals surface area contributed by atoms with Crippen molar-refractivity contribution in [3.8, 4) is 0 Å². The fourth-order valence-corrected chi connectivity index (χ4v) is 1.54. The average Bonchev–Trinajstić information content (AvgIpc) is 2.16. The van der Waals surface area contributed by atoms with Crippen molar-refractivity contribution in [1.29, 1.82) is 0 Å². The summed E-state index contributed by atoms with van der Waals surface area (Å²) < 4.78 is 0. The van der Waals surface area contributed by atoms with Crippen molar-refractivity contribution in [3.05, 3.63) is 22.8 Å². The molecular formula is C13H22ClN3. The monoisotopic (exact) mass is 255 g/mol. The van der Waals surface area contributed by atoms with Gasteiger partial charge in [-0.3, -0.25) is 0 Å². The number of nitrogens with one attached hydrogen (secondary N) is 2. The van der Waals surface area contributed by atoms with Crippen LogP contribution in [-0.4, -0.2) is 16.6 Å². The molecule has 0 spiro atoms. The first kappa shape index (κ1) is 14.3. The zero-order chi connectivity index (χ0) is 13.1. The summed E-state index contributed by atoms with van der Waals surface area (Å²) in [4.78, 5) is 4.52. The lowest BCUT2D eigenvalue weighted by Gasteiger charge is -2.22. The molecule has 0 radical (unpaired) electrons. The van der Waals surface area contributed by atoms with Crippen molar-refractivity contribution in [2.75, 3.05) is 5.32 Å². The van der Waals surface area contributed by atoms with Crippen molar-refractivity contribution in [2.24, 2.45) is 0 Å². The minimum atomic E-state index is 0.00355. The number of anilines is 1. The van der Waals surface area contributed by atoms with Crippen molar-refractivity contribution in [3.63, 3.8) is 0 Å². The summed E-state index contributed by atoms with van der Waals surface area (Å²) in [6, 6.07) is 4.22. The van der Waals surface area contributed by atoms with Crippen LogP contribution in [0.2, 0.25) is 5.02 Å². The second-order valence-electron chi connectivity index (χ2n) is 5.54. The van der Waals surface area contributed by atoms with E-state index in [0.29, 0.717) is 17.6 Å². The summed E-state index contributed by atoms with van der Waals surface area (Å²) in [7, 11) is 0. The van der Waals surface area contributed by atoms with E-state index in [2.05, 4.69) is 50.2 Å². The zero-order valence-electron chi connectivity index (χ0n) is 11.3. The maximum absolute atomic E-state index is 6.12. The van der Waals surface area contributed by atoms with E-state index >= 15 is 0 Å². The van der Waals surface area contributed by atoms with Gasteiger partial charge in [0.15, 0.2) is 0 Å². The molecule has 0 unspecified atom stereocenters. The van der Waals surface area contributed by atoms with Crippen LogP contribution in [0.4, 0.5) is 5.82 Å². The van der Waals surface area contributed by atoms with Gasteiger partial charge in [-0.05, 0) is 32.9 Å². The highest BCUT2D eigenvalue weighted by atomic mass is 35.5. The van der Waals surface area contributed by atoms with Gasteiger partial charge in [-0.25, -0.2) is 4.98 Å². The van der Waals surface area contributed by atoms with E-state index < -0.39 is 0 Å². The van der Waals surface area contributed by atoms with Crippen LogP contribution in [-0.2, 0) is 6.54 Å². The molecule has 1 heterocycles. The van der Waals surface area contributed by atoms with E-state index in [0.717, 1.165) is 11.5 Å². The molecule has 17 heavy (non-hydrogen) atoms. The van der Waals surface area contributed by atoms with Crippen LogP contribution in [0, 0.1) is 0 Å². The molecule has 3 nitrogen and oxygen atoms in total. The summed E-state index contributed by atoms with van der Waals surface area (Å²) in [5, 5.41) is 7.36. The molecule has 4 heteroatoms. The van der Waals surface area contributed by atoms with E-state index in [9.17, 15) is 0 Å². The second kappa shape index (κ2) is 5.69. The van der Waals surface area contributed by atoms with Crippen LogP contribution in [0.3, 0.4) is 0 Å². The van der Waals surface area contributed by atoms with Crippen LogP contribution in [0.1, 0.15) is 40.3 Å². The zero-order valence-corrected chi connectivity index (χ0v) is 12.0. The minimum Gasteiger partial charge on any atom is -0.365 e. The Hall–Kier alpha value is -0.800. The standard InChI is InChI=1S/C13H22ClN3/c1-9(2)15-8-11-10(14)6-7-12(16-11)17-13(3,4)5/h6-7,9,15H,8H2,1-5H3,(H,16,17). The molecule has 0 amide bonds. The van der Waals surface area contributed by atoms with E-state index in [1.54, 1.807) is 0 Å². The van der Waals surface area contributed by atoms with Crippen LogP contribution in [0.5, 0.6) is 0 Å². The number of pyridine rings is 1. The van der Waals surface area contributed by atoms with Crippen LogP contribution >= 0.6 is 11.6 Å². The van der Waals surface area contributed by atoms with Crippen molar-refractivity contribution in [1.82, 2.24) is 10.3 Å². The number of nitrogens with zero attached hydrogens (tertiary/aromatic N) is 1. The smallest absolute Gasteiger partial charge is 0.126 e. The quantitative estimate of drug-likeness (QED) is 0.865. The van der Waals surface area contributed by atoms with Crippen LogP contribution in [0.15, 0.2) is 12.1 Å². The van der Waals surface area contributed by atoms with Gasteiger partial charge in [0, 0.05) is 18.1 Å². The normalized spacial score (nSPS) is 11.9. The number of halogens is 1. The number of aromatic nitrogens is 1. The summed E-state index contributed by atoms with van der Waals surface area (Å²) in [6.45, 7) is 11.2. The maximum Gasteiger partial charge on any atom is 0.126 e. The van der Waals surface area contributed by atoms with Gasteiger partial charge in [0.25, 0.3) is 0 Å². The molecule has 0 saturated heterocycles. The van der Waals surface area contributed by atoms with Gasteiger partial charge in [0.2, 0.25) is 0 Å². The van der Waals surface area contributed by atoms with Gasteiger partial charge in [0.05, 0.1) is 10.7 Å². The lowest BCUT2D eigenvalue weighted by Crippen LogP contribution is -2.27. The predicted molar refractivity (Wildman–Crippen MR) is 74.6 cm³/mol. The van der Waals surface area contributed by atoms with Crippen LogP contribution < -0.4 is 10.6 Å². The molecule has 1 aromatic rings. The molecule has 0 aliphatic heterocycles. The predicted octanol–water partition coefficient (Wildman–Crippen LogP) is 3.44. The largest absolute Gasteiger partial charge is 0.365 e. The highest BCUT2D eigenvalue weighted by Crippen LogP contribution is 2.19. The lowest BCUT2D eigenvalue weighted by atomic mass is 10.1. The molecule has 0 aliphatic carbocycles. The van der Waals surface area contributed by atoms with E-state index in [4.69, 9.17) is 11.6 Å². The van der Waals surface area contributed by atoms with Crippen molar-refractivity contribution >= 4 is 17.4 Å². The van der Waals surface area contributed by atoms with Crippen molar-refractivity contribution in [2.45, 2.75) is 52.7 Å². The molecule has 0 atom stereocenters. The van der Waals surface area contributed by atoms with Crippen molar-refractivity contribution < 1.29 is 0 Å². The Balaban J connectivity index is 2.79. The van der Waals surface area contributed by atoms with Gasteiger partial charge in [-0.15, -0.1) is 0 Å². The maximum atomic E-state index is 6.12. The summed E-state index contributed by atoms with van der Waals surface area (Å²) in [5.74, 6) is 0.863. The summed E-state index contributed by atoms with van der Waals surface area (Å²) in [5.41, 5.74) is 0.887. The molecule has 2 N–H and O–H groups in total. The topological polar surface area (TPSA) is 37.0 Å². The van der Waals surface area contributed by atoms with Gasteiger partial charge in [0.1, 0.15) is 5.82 Å². The third kappa shape index (κ3) is 5.37. The average molecular weight is 256 g/mol. The van der Waals surface area contributed by atoms with E-state index in [1.807, 2.05) is 12.1 Å². The molecule has 0 saturated carbocycles. The van der Waals surface area contributed by atoms with E-state index in [1.165, 1.54) is 0 Å². The Morgan fingerprint density at radius 2 is 1.94 bits per heavy atom. The number of rotatable bonds is 4. The molecule has 0 fully saturated rings. The Morgan fingerprint density at radius 1 is 1.29 bits per heavy atom. The third-order valence-corrected chi connectivity index (χ3v) is 2.44. The first-order valence-electron chi connectivity index (χ1n) is 5.95. The minimum absolute atomic E-state index is 0.00355. The van der Waals surface area contributed by atoms with Gasteiger partial charge >= 0.3 is 0 Å². The molecular weight excluding hydrogens is 234 g/mol. The highest BCUT2D eigenvalue weighted by molar-refractivity contribution is 6.31. The Labute approximate surface area is 109 Å².